The number of rotatable bonds is 5. The van der Waals surface area contributed by atoms with Crippen LogP contribution in [0.5, 0.6) is 0 Å². The van der Waals surface area contributed by atoms with Gasteiger partial charge in [0.25, 0.3) is 5.91 Å². The van der Waals surface area contributed by atoms with E-state index in [1.165, 1.54) is 6.26 Å². The molecule has 0 aromatic heterocycles. The molecule has 0 aliphatic carbocycles. The molecule has 0 saturated heterocycles. The Morgan fingerprint density at radius 2 is 2.05 bits per heavy atom. The van der Waals surface area contributed by atoms with Gasteiger partial charge in [0.15, 0.2) is 0 Å². The van der Waals surface area contributed by atoms with E-state index < -0.39 is 44.5 Å². The molecule has 1 N–H and O–H groups in total. The third-order valence-corrected chi connectivity index (χ3v) is 3.89. The van der Waals surface area contributed by atoms with E-state index in [2.05, 4.69) is 5.32 Å². The Labute approximate surface area is 115 Å². The predicted molar refractivity (Wildman–Crippen MR) is 68.9 cm³/mol. The van der Waals surface area contributed by atoms with E-state index in [1.54, 1.807) is 6.92 Å². The average Bonchev–Trinajstić information content (AvgIpc) is 2.37. The van der Waals surface area contributed by atoms with Crippen LogP contribution < -0.4 is 5.32 Å². The summed E-state index contributed by atoms with van der Waals surface area (Å²) in [5.74, 6) is -3.41. The molecule has 1 amide bonds. The lowest BCUT2D eigenvalue weighted by molar-refractivity contribution is -0.387. The molecule has 1 rings (SSSR count). The van der Waals surface area contributed by atoms with Crippen molar-refractivity contribution in [1.29, 1.82) is 0 Å². The van der Waals surface area contributed by atoms with E-state index in [1.807, 2.05) is 0 Å². The lowest BCUT2D eigenvalue weighted by Crippen LogP contribution is -2.33. The second kappa shape index (κ2) is 6.51. The molecule has 0 radical (unpaired) electrons. The molecule has 1 aromatic carbocycles. The molecule has 0 heterocycles. The summed E-state index contributed by atoms with van der Waals surface area (Å²) in [4.78, 5) is 21.0. The van der Waals surface area contributed by atoms with Gasteiger partial charge in [0.2, 0.25) is 5.82 Å². The van der Waals surface area contributed by atoms with Crippen molar-refractivity contribution < 1.29 is 22.7 Å². The van der Waals surface area contributed by atoms with Crippen LogP contribution >= 0.6 is 0 Å². The second-order valence-corrected chi connectivity index (χ2v) is 5.86. The summed E-state index contributed by atoms with van der Waals surface area (Å²) in [7, 11) is -1.17. The first-order valence-electron chi connectivity index (χ1n) is 5.48. The number of halogens is 2. The summed E-state index contributed by atoms with van der Waals surface area (Å²) in [5.41, 5.74) is -1.68. The average molecular weight is 306 g/mol. The second-order valence-electron chi connectivity index (χ2n) is 4.06. The standard InChI is InChI=1S/C11H12F2N2O4S/c1-6(20(2)19)5-14-11(16)7-3-9(13)10(15(17)18)4-8(7)12/h3-4,6H,5H2,1-2H3,(H,14,16). The van der Waals surface area contributed by atoms with Gasteiger partial charge in [-0.05, 0) is 13.0 Å². The third kappa shape index (κ3) is 3.80. The van der Waals surface area contributed by atoms with E-state index in [9.17, 15) is 27.9 Å². The minimum Gasteiger partial charge on any atom is -0.351 e. The van der Waals surface area contributed by atoms with Crippen molar-refractivity contribution in [2.75, 3.05) is 12.8 Å². The van der Waals surface area contributed by atoms with Gasteiger partial charge in [-0.1, -0.05) is 0 Å². The van der Waals surface area contributed by atoms with Crippen LogP contribution in [0.15, 0.2) is 12.1 Å². The molecular weight excluding hydrogens is 294 g/mol. The molecule has 0 aliphatic heterocycles. The Hall–Kier alpha value is -1.90. The summed E-state index contributed by atoms with van der Waals surface area (Å²) in [5, 5.41) is 12.3. The van der Waals surface area contributed by atoms with Crippen LogP contribution in [0.4, 0.5) is 14.5 Å². The normalized spacial score (nSPS) is 13.6. The lowest BCUT2D eigenvalue weighted by atomic mass is 10.1. The first kappa shape index (κ1) is 16.2. The van der Waals surface area contributed by atoms with Crippen molar-refractivity contribution in [3.05, 3.63) is 39.4 Å². The zero-order valence-electron chi connectivity index (χ0n) is 10.7. The minimum atomic E-state index is -1.30. The van der Waals surface area contributed by atoms with Gasteiger partial charge in [-0.2, -0.15) is 4.39 Å². The number of hydrogen-bond donors (Lipinski definition) is 1. The Morgan fingerprint density at radius 3 is 2.55 bits per heavy atom. The lowest BCUT2D eigenvalue weighted by Gasteiger charge is -2.10. The van der Waals surface area contributed by atoms with Crippen molar-refractivity contribution in [1.82, 2.24) is 5.32 Å². The van der Waals surface area contributed by atoms with Gasteiger partial charge in [-0.25, -0.2) is 4.39 Å². The summed E-state index contributed by atoms with van der Waals surface area (Å²) < 4.78 is 37.9. The number of amides is 1. The molecule has 0 aliphatic rings. The SMILES string of the molecule is CC(CNC(=O)c1cc(F)c([N+](=O)[O-])cc1F)S(C)=O. The first-order valence-corrected chi connectivity index (χ1v) is 7.10. The fraction of sp³-hybridized carbons (Fsp3) is 0.364. The zero-order chi connectivity index (χ0) is 15.4. The summed E-state index contributed by atoms with van der Waals surface area (Å²) in [6.45, 7) is 1.63. The molecule has 0 fully saturated rings. The Balaban J connectivity index is 2.92. The summed E-state index contributed by atoms with van der Waals surface area (Å²) in [6.07, 6.45) is 1.45. The van der Waals surface area contributed by atoms with Crippen molar-refractivity contribution >= 4 is 22.4 Å². The maximum atomic E-state index is 13.5. The van der Waals surface area contributed by atoms with Gasteiger partial charge >= 0.3 is 5.69 Å². The van der Waals surface area contributed by atoms with Gasteiger partial charge < -0.3 is 5.32 Å². The fourth-order valence-electron chi connectivity index (χ4n) is 1.30. The van der Waals surface area contributed by atoms with Crippen LogP contribution in [-0.4, -0.2) is 33.1 Å². The topological polar surface area (TPSA) is 89.3 Å². The van der Waals surface area contributed by atoms with Crippen LogP contribution in [-0.2, 0) is 10.8 Å². The van der Waals surface area contributed by atoms with E-state index in [-0.39, 0.29) is 11.8 Å². The number of nitrogens with one attached hydrogen (secondary N) is 1. The molecular formula is C11H12F2N2O4S. The first-order chi connectivity index (χ1) is 9.23. The van der Waals surface area contributed by atoms with Gasteiger partial charge in [0.1, 0.15) is 5.82 Å². The fourth-order valence-corrected chi connectivity index (χ4v) is 1.62. The Kier molecular flexibility index (Phi) is 5.26. The Bertz CT molecular complexity index is 580. The Morgan fingerprint density at radius 1 is 1.45 bits per heavy atom. The molecule has 6 nitrogen and oxygen atoms in total. The minimum absolute atomic E-state index is 0.0139. The number of nitrogens with zero attached hydrogens (tertiary/aromatic N) is 1. The van der Waals surface area contributed by atoms with Crippen LogP contribution in [0.25, 0.3) is 0 Å². The van der Waals surface area contributed by atoms with E-state index in [4.69, 9.17) is 0 Å². The van der Waals surface area contributed by atoms with Crippen molar-refractivity contribution in [3.8, 4) is 0 Å². The smallest absolute Gasteiger partial charge is 0.307 e. The summed E-state index contributed by atoms with van der Waals surface area (Å²) >= 11 is 0. The van der Waals surface area contributed by atoms with Gasteiger partial charge in [-0.15, -0.1) is 0 Å². The van der Waals surface area contributed by atoms with E-state index in [0.29, 0.717) is 12.1 Å². The van der Waals surface area contributed by atoms with Crippen molar-refractivity contribution in [2.45, 2.75) is 12.2 Å². The number of nitro benzene ring substituents is 1. The van der Waals surface area contributed by atoms with Crippen molar-refractivity contribution in [3.63, 3.8) is 0 Å². The molecule has 1 aromatic rings. The maximum Gasteiger partial charge on any atom is 0.307 e. The van der Waals surface area contributed by atoms with Crippen LogP contribution in [0.2, 0.25) is 0 Å². The number of nitro groups is 1. The number of benzene rings is 1. The molecule has 9 heteroatoms. The number of carbonyl (C=O) groups excluding carboxylic acids is 1. The zero-order valence-corrected chi connectivity index (χ0v) is 11.5. The van der Waals surface area contributed by atoms with Crippen molar-refractivity contribution in [2.24, 2.45) is 0 Å². The quantitative estimate of drug-likeness (QED) is 0.657. The predicted octanol–water partition coefficient (Wildman–Crippen LogP) is 1.37. The third-order valence-electron chi connectivity index (χ3n) is 2.59. The highest BCUT2D eigenvalue weighted by Gasteiger charge is 2.22. The highest BCUT2D eigenvalue weighted by Crippen LogP contribution is 2.21. The molecule has 2 unspecified atom stereocenters. The molecule has 0 saturated carbocycles. The van der Waals surface area contributed by atoms with Gasteiger partial charge in [-0.3, -0.25) is 19.1 Å². The molecule has 0 spiro atoms. The molecule has 20 heavy (non-hydrogen) atoms. The summed E-state index contributed by atoms with van der Waals surface area (Å²) in [6, 6.07) is 0.821. The maximum absolute atomic E-state index is 13.5. The van der Waals surface area contributed by atoms with Crippen LogP contribution in [0.1, 0.15) is 17.3 Å². The highest BCUT2D eigenvalue weighted by atomic mass is 32.2. The number of hydrogen-bond acceptors (Lipinski definition) is 4. The van der Waals surface area contributed by atoms with Gasteiger partial charge in [0, 0.05) is 28.9 Å². The highest BCUT2D eigenvalue weighted by molar-refractivity contribution is 7.84. The molecule has 2 atom stereocenters. The largest absolute Gasteiger partial charge is 0.351 e. The van der Waals surface area contributed by atoms with Crippen LogP contribution in [0.3, 0.4) is 0 Å². The monoisotopic (exact) mass is 306 g/mol. The molecule has 0 bridgehead atoms. The van der Waals surface area contributed by atoms with Crippen LogP contribution in [0, 0.1) is 21.7 Å². The van der Waals surface area contributed by atoms with E-state index >= 15 is 0 Å². The van der Waals surface area contributed by atoms with E-state index in [0.717, 1.165) is 0 Å². The molecule has 110 valence electrons. The van der Waals surface area contributed by atoms with Gasteiger partial charge in [0.05, 0.1) is 16.6 Å². The number of carbonyl (C=O) groups is 1.